The Labute approximate surface area is 118 Å². The van der Waals surface area contributed by atoms with Gasteiger partial charge in [0.15, 0.2) is 0 Å². The number of H-pyrrole nitrogens is 1. The molecular weight excluding hydrogens is 252 g/mol. The molecule has 1 atom stereocenters. The summed E-state index contributed by atoms with van der Waals surface area (Å²) in [6, 6.07) is 6.10. The third kappa shape index (κ3) is 2.70. The van der Waals surface area contributed by atoms with E-state index in [0.717, 1.165) is 43.0 Å². The minimum atomic E-state index is -0.00306. The van der Waals surface area contributed by atoms with Crippen LogP contribution in [-0.2, 0) is 19.4 Å². The van der Waals surface area contributed by atoms with E-state index in [-0.39, 0.29) is 5.56 Å². The molecule has 4 nitrogen and oxygen atoms in total. The number of aromatic amines is 1. The standard InChI is InChI=1S/C16H20N2O2/c1-10-7-14(20-11(10)2)9-17-13-4-5-15-12(8-13)3-6-16(19)18-15/h3,6-7,13,17H,4-5,8-9H2,1-2H3,(H,18,19)/t13-/m0/s1. The second kappa shape index (κ2) is 5.29. The van der Waals surface area contributed by atoms with Crippen LogP contribution in [-0.4, -0.2) is 11.0 Å². The number of hydrogen-bond acceptors (Lipinski definition) is 3. The number of aromatic nitrogens is 1. The monoisotopic (exact) mass is 272 g/mol. The molecule has 3 rings (SSSR count). The lowest BCUT2D eigenvalue weighted by Crippen LogP contribution is -2.35. The van der Waals surface area contributed by atoms with Gasteiger partial charge in [0.1, 0.15) is 11.5 Å². The van der Waals surface area contributed by atoms with Crippen molar-refractivity contribution in [1.29, 1.82) is 0 Å². The van der Waals surface area contributed by atoms with E-state index in [1.165, 1.54) is 11.1 Å². The molecule has 0 saturated heterocycles. The smallest absolute Gasteiger partial charge is 0.248 e. The molecule has 0 aromatic carbocycles. The number of nitrogens with one attached hydrogen (secondary N) is 2. The summed E-state index contributed by atoms with van der Waals surface area (Å²) in [4.78, 5) is 14.2. The lowest BCUT2D eigenvalue weighted by atomic mass is 9.92. The maximum Gasteiger partial charge on any atom is 0.248 e. The van der Waals surface area contributed by atoms with Gasteiger partial charge in [-0.3, -0.25) is 4.79 Å². The van der Waals surface area contributed by atoms with Crippen LogP contribution < -0.4 is 10.9 Å². The van der Waals surface area contributed by atoms with E-state index < -0.39 is 0 Å². The summed E-state index contributed by atoms with van der Waals surface area (Å²) in [5.74, 6) is 1.99. The Morgan fingerprint density at radius 2 is 2.25 bits per heavy atom. The van der Waals surface area contributed by atoms with Gasteiger partial charge in [-0.15, -0.1) is 0 Å². The first-order valence-electron chi connectivity index (χ1n) is 7.12. The van der Waals surface area contributed by atoms with Crippen LogP contribution in [0.15, 0.2) is 27.4 Å². The number of hydrogen-bond donors (Lipinski definition) is 2. The molecule has 106 valence electrons. The first-order chi connectivity index (χ1) is 9.61. The van der Waals surface area contributed by atoms with Crippen LogP contribution in [0, 0.1) is 13.8 Å². The van der Waals surface area contributed by atoms with Crippen molar-refractivity contribution in [1.82, 2.24) is 10.3 Å². The Bertz CT molecular complexity index is 650. The number of rotatable bonds is 3. The van der Waals surface area contributed by atoms with Crippen molar-refractivity contribution in [2.45, 2.75) is 45.7 Å². The molecule has 1 aliphatic carbocycles. The third-order valence-electron chi connectivity index (χ3n) is 4.09. The SMILES string of the molecule is Cc1cc(CN[C@H]2CCc3[nH]c(=O)ccc3C2)oc1C. The lowest BCUT2D eigenvalue weighted by molar-refractivity contribution is 0.406. The number of aryl methyl sites for hydroxylation is 3. The fraction of sp³-hybridized carbons (Fsp3) is 0.438. The summed E-state index contributed by atoms with van der Waals surface area (Å²) in [5.41, 5.74) is 3.55. The first-order valence-corrected chi connectivity index (χ1v) is 7.12. The Morgan fingerprint density at radius 1 is 1.40 bits per heavy atom. The van der Waals surface area contributed by atoms with Crippen molar-refractivity contribution in [2.75, 3.05) is 0 Å². The van der Waals surface area contributed by atoms with Crippen molar-refractivity contribution < 1.29 is 4.42 Å². The van der Waals surface area contributed by atoms with Gasteiger partial charge in [0.25, 0.3) is 0 Å². The second-order valence-electron chi connectivity index (χ2n) is 5.60. The molecule has 0 unspecified atom stereocenters. The van der Waals surface area contributed by atoms with Crippen LogP contribution >= 0.6 is 0 Å². The maximum absolute atomic E-state index is 11.3. The van der Waals surface area contributed by atoms with Gasteiger partial charge in [-0.1, -0.05) is 6.07 Å². The van der Waals surface area contributed by atoms with Gasteiger partial charge in [-0.05, 0) is 50.3 Å². The van der Waals surface area contributed by atoms with Gasteiger partial charge in [-0.2, -0.15) is 0 Å². The van der Waals surface area contributed by atoms with E-state index in [9.17, 15) is 4.79 Å². The van der Waals surface area contributed by atoms with E-state index >= 15 is 0 Å². The molecule has 1 aliphatic rings. The van der Waals surface area contributed by atoms with E-state index in [0.29, 0.717) is 6.04 Å². The Balaban J connectivity index is 1.63. The lowest BCUT2D eigenvalue weighted by Gasteiger charge is -2.24. The predicted molar refractivity (Wildman–Crippen MR) is 77.9 cm³/mol. The largest absolute Gasteiger partial charge is 0.465 e. The highest BCUT2D eigenvalue weighted by atomic mass is 16.3. The highest BCUT2D eigenvalue weighted by Crippen LogP contribution is 2.19. The van der Waals surface area contributed by atoms with Gasteiger partial charge in [0.05, 0.1) is 6.54 Å². The predicted octanol–water partition coefficient (Wildman–Crippen LogP) is 2.23. The third-order valence-corrected chi connectivity index (χ3v) is 4.09. The van der Waals surface area contributed by atoms with Crippen LogP contribution in [0.2, 0.25) is 0 Å². The highest BCUT2D eigenvalue weighted by molar-refractivity contribution is 5.24. The van der Waals surface area contributed by atoms with Crippen molar-refractivity contribution in [3.63, 3.8) is 0 Å². The van der Waals surface area contributed by atoms with Gasteiger partial charge in [0.2, 0.25) is 5.56 Å². The second-order valence-corrected chi connectivity index (χ2v) is 5.60. The Morgan fingerprint density at radius 3 is 3.00 bits per heavy atom. The fourth-order valence-corrected chi connectivity index (χ4v) is 2.80. The van der Waals surface area contributed by atoms with Crippen LogP contribution in [0.25, 0.3) is 0 Å². The summed E-state index contributed by atoms with van der Waals surface area (Å²) in [7, 11) is 0. The highest BCUT2D eigenvalue weighted by Gasteiger charge is 2.19. The molecule has 20 heavy (non-hydrogen) atoms. The topological polar surface area (TPSA) is 58.0 Å². The zero-order chi connectivity index (χ0) is 14.1. The molecule has 0 fully saturated rings. The van der Waals surface area contributed by atoms with Gasteiger partial charge in [-0.25, -0.2) is 0 Å². The number of furan rings is 1. The average Bonchev–Trinajstić information content (AvgIpc) is 2.75. The van der Waals surface area contributed by atoms with Gasteiger partial charge >= 0.3 is 0 Å². The molecule has 0 spiro atoms. The zero-order valence-corrected chi connectivity index (χ0v) is 12.0. The first kappa shape index (κ1) is 13.2. The van der Waals surface area contributed by atoms with Crippen LogP contribution in [0.5, 0.6) is 0 Å². The summed E-state index contributed by atoms with van der Waals surface area (Å²) in [5, 5.41) is 3.55. The Kier molecular flexibility index (Phi) is 3.49. The van der Waals surface area contributed by atoms with Crippen molar-refractivity contribution in [2.24, 2.45) is 0 Å². The molecule has 0 aliphatic heterocycles. The summed E-state index contributed by atoms with van der Waals surface area (Å²) < 4.78 is 5.68. The van der Waals surface area contributed by atoms with Gasteiger partial charge < -0.3 is 14.7 Å². The maximum atomic E-state index is 11.3. The normalized spacial score (nSPS) is 18.0. The molecule has 0 radical (unpaired) electrons. The van der Waals surface area contributed by atoms with Crippen LogP contribution in [0.3, 0.4) is 0 Å². The number of pyridine rings is 1. The molecule has 0 saturated carbocycles. The van der Waals surface area contributed by atoms with Crippen LogP contribution in [0.4, 0.5) is 0 Å². The molecular formula is C16H20N2O2. The summed E-state index contributed by atoms with van der Waals surface area (Å²) in [6.07, 6.45) is 2.94. The van der Waals surface area contributed by atoms with Crippen molar-refractivity contribution in [3.05, 3.63) is 56.9 Å². The van der Waals surface area contributed by atoms with Crippen molar-refractivity contribution >= 4 is 0 Å². The molecule has 4 heteroatoms. The Hall–Kier alpha value is -1.81. The van der Waals surface area contributed by atoms with E-state index in [1.54, 1.807) is 6.07 Å². The molecule has 2 heterocycles. The minimum absolute atomic E-state index is 0.00306. The van der Waals surface area contributed by atoms with Crippen LogP contribution in [0.1, 0.15) is 34.8 Å². The summed E-state index contributed by atoms with van der Waals surface area (Å²) in [6.45, 7) is 4.82. The summed E-state index contributed by atoms with van der Waals surface area (Å²) >= 11 is 0. The number of fused-ring (bicyclic) bond motifs is 1. The average molecular weight is 272 g/mol. The molecule has 0 amide bonds. The van der Waals surface area contributed by atoms with E-state index in [1.807, 2.05) is 13.0 Å². The molecule has 0 bridgehead atoms. The quantitative estimate of drug-likeness (QED) is 0.901. The molecule has 2 aromatic rings. The van der Waals surface area contributed by atoms with Crippen molar-refractivity contribution in [3.8, 4) is 0 Å². The van der Waals surface area contributed by atoms with E-state index in [4.69, 9.17) is 4.42 Å². The fourth-order valence-electron chi connectivity index (χ4n) is 2.80. The van der Waals surface area contributed by atoms with E-state index in [2.05, 4.69) is 23.3 Å². The van der Waals surface area contributed by atoms with Gasteiger partial charge in [0, 0.05) is 17.8 Å². The minimum Gasteiger partial charge on any atom is -0.465 e. The zero-order valence-electron chi connectivity index (χ0n) is 12.0. The molecule has 2 aromatic heterocycles. The molecule has 2 N–H and O–H groups in total.